The Hall–Kier alpha value is -2.15. The lowest BCUT2D eigenvalue weighted by Crippen LogP contribution is -2.61. The van der Waals surface area contributed by atoms with Crippen molar-refractivity contribution in [2.45, 2.75) is 113 Å². The molecule has 0 aromatic heterocycles. The van der Waals surface area contributed by atoms with Gasteiger partial charge in [-0.1, -0.05) is 51.8 Å². The highest BCUT2D eigenvalue weighted by Crippen LogP contribution is 2.62. The van der Waals surface area contributed by atoms with Gasteiger partial charge in [0.25, 0.3) is 0 Å². The lowest BCUT2D eigenvalue weighted by molar-refractivity contribution is -0.196. The molecule has 2 aliphatic carbocycles. The summed E-state index contributed by atoms with van der Waals surface area (Å²) in [6.45, 7) is 17.1. The molecule has 7 nitrogen and oxygen atoms in total. The van der Waals surface area contributed by atoms with Crippen LogP contribution in [0.2, 0.25) is 0 Å². The van der Waals surface area contributed by atoms with E-state index in [-0.39, 0.29) is 48.3 Å². The fourth-order valence-corrected chi connectivity index (χ4v) is 6.79. The fourth-order valence-electron chi connectivity index (χ4n) is 6.79. The molecule has 0 bridgehead atoms. The van der Waals surface area contributed by atoms with E-state index < -0.39 is 23.6 Å². The summed E-state index contributed by atoms with van der Waals surface area (Å²) in [6, 6.07) is 0. The van der Waals surface area contributed by atoms with Crippen LogP contribution in [0.3, 0.4) is 0 Å². The summed E-state index contributed by atoms with van der Waals surface area (Å²) in [5.74, 6) is -1.05. The Bertz CT molecular complexity index is 897. The Labute approximate surface area is 216 Å². The summed E-state index contributed by atoms with van der Waals surface area (Å²) in [5, 5.41) is 9.33. The highest BCUT2D eigenvalue weighted by atomic mass is 16.6. The van der Waals surface area contributed by atoms with Gasteiger partial charge in [0, 0.05) is 26.2 Å². The Morgan fingerprint density at radius 1 is 1.03 bits per heavy atom. The van der Waals surface area contributed by atoms with Gasteiger partial charge in [0.2, 0.25) is 0 Å². The number of fused-ring (bicyclic) bond motifs is 1. The molecule has 0 aromatic rings. The summed E-state index contributed by atoms with van der Waals surface area (Å²) in [4.78, 5) is 37.1. The molecule has 0 aromatic carbocycles. The molecule has 0 amide bonds. The number of aliphatic hydroxyl groups excluding tert-OH is 1. The van der Waals surface area contributed by atoms with E-state index in [0.29, 0.717) is 19.3 Å². The van der Waals surface area contributed by atoms with Gasteiger partial charge in [-0.3, -0.25) is 14.4 Å². The molecule has 0 radical (unpaired) electrons. The van der Waals surface area contributed by atoms with Crippen molar-refractivity contribution in [1.82, 2.24) is 0 Å². The van der Waals surface area contributed by atoms with Crippen LogP contribution in [-0.4, -0.2) is 47.9 Å². The Kier molecular flexibility index (Phi) is 9.97. The van der Waals surface area contributed by atoms with Crippen LogP contribution in [0.1, 0.15) is 94.4 Å². The summed E-state index contributed by atoms with van der Waals surface area (Å²) in [6.07, 6.45) is 3.14. The van der Waals surface area contributed by atoms with Gasteiger partial charge in [0.1, 0.15) is 12.2 Å². The lowest BCUT2D eigenvalue weighted by atomic mass is 9.47. The third kappa shape index (κ3) is 6.99. The SMILES string of the molecule is CC(=O)O[C@H]1CC(C)(C)[C@@H]2[C@H](OC(=O)CC(C)C)[C@@H](OC(C)=O)C(C)=C(CC/C(C)=C/CO)[C@@]2(C)C1. The smallest absolute Gasteiger partial charge is 0.306 e. The van der Waals surface area contributed by atoms with Crippen molar-refractivity contribution in [2.75, 3.05) is 6.61 Å². The van der Waals surface area contributed by atoms with E-state index >= 15 is 0 Å². The lowest BCUT2D eigenvalue weighted by Gasteiger charge is -2.60. The number of esters is 3. The number of allylic oxidation sites excluding steroid dienone is 2. The first-order valence-corrected chi connectivity index (χ1v) is 13.1. The van der Waals surface area contributed by atoms with Gasteiger partial charge >= 0.3 is 17.9 Å². The quantitative estimate of drug-likeness (QED) is 0.257. The van der Waals surface area contributed by atoms with E-state index in [2.05, 4.69) is 20.8 Å². The average Bonchev–Trinajstić information content (AvgIpc) is 2.68. The number of aliphatic hydroxyl groups is 1. The highest BCUT2D eigenvalue weighted by molar-refractivity contribution is 5.70. The van der Waals surface area contributed by atoms with E-state index in [1.54, 1.807) is 6.08 Å². The van der Waals surface area contributed by atoms with Crippen molar-refractivity contribution < 1.29 is 33.7 Å². The number of rotatable bonds is 9. The maximum absolute atomic E-state index is 12.9. The van der Waals surface area contributed by atoms with Gasteiger partial charge in [0.15, 0.2) is 6.10 Å². The van der Waals surface area contributed by atoms with Gasteiger partial charge in [-0.15, -0.1) is 0 Å². The zero-order valence-electron chi connectivity index (χ0n) is 23.6. The maximum atomic E-state index is 12.9. The van der Waals surface area contributed by atoms with E-state index in [1.807, 2.05) is 27.7 Å². The minimum atomic E-state index is -0.682. The monoisotopic (exact) mass is 506 g/mol. The molecule has 1 saturated carbocycles. The molecular formula is C29H46O7. The number of hydrogen-bond donors (Lipinski definition) is 1. The van der Waals surface area contributed by atoms with Gasteiger partial charge in [-0.05, 0) is 61.9 Å². The molecule has 36 heavy (non-hydrogen) atoms. The third-order valence-corrected chi connectivity index (χ3v) is 7.83. The Morgan fingerprint density at radius 2 is 1.64 bits per heavy atom. The van der Waals surface area contributed by atoms with E-state index in [0.717, 1.165) is 23.1 Å². The minimum Gasteiger partial charge on any atom is -0.463 e. The molecule has 0 heterocycles. The van der Waals surface area contributed by atoms with Crippen molar-refractivity contribution >= 4 is 17.9 Å². The normalized spacial score (nSPS) is 30.0. The summed E-state index contributed by atoms with van der Waals surface area (Å²) >= 11 is 0. The second-order valence-corrected chi connectivity index (χ2v) is 12.0. The van der Waals surface area contributed by atoms with Crippen molar-refractivity contribution in [1.29, 1.82) is 0 Å². The molecule has 204 valence electrons. The second kappa shape index (κ2) is 11.9. The molecule has 1 N–H and O–H groups in total. The number of ether oxygens (including phenoxy) is 3. The fraction of sp³-hybridized carbons (Fsp3) is 0.759. The maximum Gasteiger partial charge on any atom is 0.306 e. The van der Waals surface area contributed by atoms with Gasteiger partial charge < -0.3 is 19.3 Å². The van der Waals surface area contributed by atoms with Crippen LogP contribution in [0.5, 0.6) is 0 Å². The van der Waals surface area contributed by atoms with Gasteiger partial charge in [-0.2, -0.15) is 0 Å². The highest BCUT2D eigenvalue weighted by Gasteiger charge is 2.61. The van der Waals surface area contributed by atoms with E-state index in [1.165, 1.54) is 13.8 Å². The first kappa shape index (κ1) is 30.1. The molecule has 0 spiro atoms. The Morgan fingerprint density at radius 3 is 2.17 bits per heavy atom. The van der Waals surface area contributed by atoms with Crippen molar-refractivity contribution in [3.63, 3.8) is 0 Å². The van der Waals surface area contributed by atoms with Crippen LogP contribution in [0, 0.1) is 22.7 Å². The predicted molar refractivity (Wildman–Crippen MR) is 138 cm³/mol. The van der Waals surface area contributed by atoms with Crippen molar-refractivity contribution in [3.05, 3.63) is 22.8 Å². The van der Waals surface area contributed by atoms with Crippen LogP contribution in [0.4, 0.5) is 0 Å². The Balaban J connectivity index is 2.68. The molecule has 2 aliphatic rings. The standard InChI is InChI=1S/C29H46O7/c1-17(2)14-24(33)36-26-25(35-21(6)32)19(4)23(11-10-18(3)12-13-30)29(9)16-22(34-20(5)31)15-28(7,8)27(26)29/h12,17,22,25-27,30H,10-11,13-16H2,1-9H3/b18-12+/t22-,25-,26+,27-,29+/m0/s1. The molecule has 1 fully saturated rings. The molecule has 0 aliphatic heterocycles. The van der Waals surface area contributed by atoms with Gasteiger partial charge in [-0.25, -0.2) is 0 Å². The van der Waals surface area contributed by atoms with Crippen molar-refractivity contribution in [2.24, 2.45) is 22.7 Å². The first-order valence-electron chi connectivity index (χ1n) is 13.1. The first-order chi connectivity index (χ1) is 16.6. The topological polar surface area (TPSA) is 99.1 Å². The molecule has 7 heteroatoms. The second-order valence-electron chi connectivity index (χ2n) is 12.0. The summed E-state index contributed by atoms with van der Waals surface area (Å²) < 4.78 is 17.8. The summed E-state index contributed by atoms with van der Waals surface area (Å²) in [5.41, 5.74) is 2.27. The van der Waals surface area contributed by atoms with E-state index in [4.69, 9.17) is 14.2 Å². The number of carbonyl (C=O) groups excluding carboxylic acids is 3. The third-order valence-electron chi connectivity index (χ3n) is 7.83. The van der Waals surface area contributed by atoms with Crippen LogP contribution < -0.4 is 0 Å². The zero-order chi connectivity index (χ0) is 27.4. The van der Waals surface area contributed by atoms with Crippen LogP contribution >= 0.6 is 0 Å². The molecule has 0 unspecified atom stereocenters. The van der Waals surface area contributed by atoms with Crippen LogP contribution in [-0.2, 0) is 28.6 Å². The van der Waals surface area contributed by atoms with Crippen molar-refractivity contribution in [3.8, 4) is 0 Å². The van der Waals surface area contributed by atoms with Gasteiger partial charge in [0.05, 0.1) is 6.61 Å². The number of hydrogen-bond acceptors (Lipinski definition) is 7. The largest absolute Gasteiger partial charge is 0.463 e. The average molecular weight is 507 g/mol. The van der Waals surface area contributed by atoms with Crippen LogP contribution in [0.15, 0.2) is 22.8 Å². The predicted octanol–water partition coefficient (Wildman–Crippen LogP) is 5.30. The molecule has 0 saturated heterocycles. The molecular weight excluding hydrogens is 460 g/mol. The zero-order valence-corrected chi connectivity index (χ0v) is 23.6. The van der Waals surface area contributed by atoms with E-state index in [9.17, 15) is 19.5 Å². The van der Waals surface area contributed by atoms with Crippen LogP contribution in [0.25, 0.3) is 0 Å². The minimum absolute atomic E-state index is 0.0186. The molecule has 2 rings (SSSR count). The summed E-state index contributed by atoms with van der Waals surface area (Å²) in [7, 11) is 0. The number of carbonyl (C=O) groups is 3. The molecule has 5 atom stereocenters.